The van der Waals surface area contributed by atoms with Gasteiger partial charge in [0.1, 0.15) is 11.6 Å². The van der Waals surface area contributed by atoms with Gasteiger partial charge in [-0.05, 0) is 29.8 Å². The lowest BCUT2D eigenvalue weighted by molar-refractivity contribution is 0.629. The van der Waals surface area contributed by atoms with E-state index >= 15 is 0 Å². The van der Waals surface area contributed by atoms with Crippen molar-refractivity contribution in [2.45, 2.75) is 6.54 Å². The van der Waals surface area contributed by atoms with Crippen molar-refractivity contribution in [1.82, 2.24) is 19.7 Å². The molecule has 7 nitrogen and oxygen atoms in total. The van der Waals surface area contributed by atoms with Crippen LogP contribution < -0.4 is 15.5 Å². The van der Waals surface area contributed by atoms with Crippen molar-refractivity contribution >= 4 is 28.5 Å². The van der Waals surface area contributed by atoms with Gasteiger partial charge in [0, 0.05) is 37.4 Å². The molecule has 0 spiro atoms. The van der Waals surface area contributed by atoms with Crippen LogP contribution in [0.25, 0.3) is 22.3 Å². The second-order valence-electron chi connectivity index (χ2n) is 8.89. The number of aromatic nitrogens is 4. The summed E-state index contributed by atoms with van der Waals surface area (Å²) in [5.41, 5.74) is 10.2. The summed E-state index contributed by atoms with van der Waals surface area (Å²) in [4.78, 5) is 14.1. The second kappa shape index (κ2) is 9.30. The Morgan fingerprint density at radius 3 is 2.11 bits per heavy atom. The van der Waals surface area contributed by atoms with Gasteiger partial charge in [-0.15, -0.1) is 5.10 Å². The molecular formula is C28H26FN7. The fraction of sp³-hybridized carbons (Fsp3) is 0.179. The van der Waals surface area contributed by atoms with Crippen molar-refractivity contribution in [3.05, 3.63) is 96.3 Å². The van der Waals surface area contributed by atoms with Gasteiger partial charge in [0.15, 0.2) is 5.65 Å². The molecule has 0 bridgehead atoms. The van der Waals surface area contributed by atoms with E-state index in [1.807, 2.05) is 36.4 Å². The topological polar surface area (TPSA) is 76.1 Å². The molecule has 2 aromatic heterocycles. The lowest BCUT2D eigenvalue weighted by Crippen LogP contribution is -2.47. The molecule has 8 heteroatoms. The van der Waals surface area contributed by atoms with Crippen LogP contribution in [-0.2, 0) is 6.54 Å². The van der Waals surface area contributed by atoms with Gasteiger partial charge in [-0.25, -0.2) is 14.1 Å². The number of piperazine rings is 1. The minimum atomic E-state index is -0.354. The van der Waals surface area contributed by atoms with E-state index < -0.39 is 0 Å². The fourth-order valence-electron chi connectivity index (χ4n) is 4.71. The van der Waals surface area contributed by atoms with Gasteiger partial charge in [-0.3, -0.25) is 0 Å². The monoisotopic (exact) mass is 479 g/mol. The zero-order valence-corrected chi connectivity index (χ0v) is 19.8. The number of hydrogen-bond acceptors (Lipinski definition) is 6. The predicted octanol–water partition coefficient (Wildman–Crippen LogP) is 4.59. The smallest absolute Gasteiger partial charge is 0.228 e. The molecule has 1 aliphatic heterocycles. The Kier molecular flexibility index (Phi) is 5.69. The van der Waals surface area contributed by atoms with E-state index in [4.69, 9.17) is 20.8 Å². The van der Waals surface area contributed by atoms with Crippen LogP contribution in [0.1, 0.15) is 5.56 Å². The summed E-state index contributed by atoms with van der Waals surface area (Å²) in [6.45, 7) is 3.66. The first-order valence-corrected chi connectivity index (χ1v) is 12.0. The average molecular weight is 480 g/mol. The Morgan fingerprint density at radius 1 is 0.750 bits per heavy atom. The van der Waals surface area contributed by atoms with Crippen molar-refractivity contribution in [2.24, 2.45) is 0 Å². The third kappa shape index (κ3) is 4.11. The Hall–Kier alpha value is -4.46. The number of nitrogen functional groups attached to an aromatic ring is 1. The maximum absolute atomic E-state index is 15.0. The molecule has 1 saturated heterocycles. The maximum atomic E-state index is 15.0. The van der Waals surface area contributed by atoms with E-state index in [0.29, 0.717) is 40.6 Å². The highest BCUT2D eigenvalue weighted by Gasteiger charge is 2.24. The highest BCUT2D eigenvalue weighted by molar-refractivity contribution is 5.99. The van der Waals surface area contributed by atoms with Gasteiger partial charge in [0.25, 0.3) is 0 Å². The number of benzene rings is 3. The van der Waals surface area contributed by atoms with E-state index in [9.17, 15) is 4.39 Å². The van der Waals surface area contributed by atoms with E-state index in [-0.39, 0.29) is 5.82 Å². The molecule has 0 radical (unpaired) electrons. The van der Waals surface area contributed by atoms with Crippen LogP contribution in [0.2, 0.25) is 0 Å². The van der Waals surface area contributed by atoms with Crippen LogP contribution in [-0.4, -0.2) is 45.9 Å². The van der Waals surface area contributed by atoms with Gasteiger partial charge < -0.3 is 15.5 Å². The van der Waals surface area contributed by atoms with Crippen molar-refractivity contribution in [2.75, 3.05) is 41.7 Å². The summed E-state index contributed by atoms with van der Waals surface area (Å²) in [5.74, 6) is 0.609. The predicted molar refractivity (Wildman–Crippen MR) is 142 cm³/mol. The largest absolute Gasteiger partial charge is 0.383 e. The SMILES string of the molecule is Nc1c2c(-c3ccccc3F)nc(N3CCN(c4ccccc4)CC3)nc2nn1Cc1ccccc1. The molecule has 0 amide bonds. The van der Waals surface area contributed by atoms with Crippen molar-refractivity contribution in [1.29, 1.82) is 0 Å². The average Bonchev–Trinajstić information content (AvgIpc) is 3.24. The standard InChI is InChI=1S/C28H26FN7/c29-23-14-8-7-13-22(23)25-24-26(30)36(19-20-9-3-1-4-10-20)33-27(24)32-28(31-25)35-17-15-34(16-18-35)21-11-5-2-6-12-21/h1-14H,15-19,30H2. The summed E-state index contributed by atoms with van der Waals surface area (Å²) >= 11 is 0. The molecule has 0 aliphatic carbocycles. The number of nitrogens with two attached hydrogens (primary N) is 1. The molecule has 0 atom stereocenters. The molecule has 0 saturated carbocycles. The number of para-hydroxylation sites is 1. The second-order valence-corrected chi connectivity index (χ2v) is 8.89. The third-order valence-corrected chi connectivity index (χ3v) is 6.62. The summed E-state index contributed by atoms with van der Waals surface area (Å²) in [6, 6.07) is 27.0. The molecule has 180 valence electrons. The van der Waals surface area contributed by atoms with E-state index in [1.54, 1.807) is 22.9 Å². The van der Waals surface area contributed by atoms with Crippen molar-refractivity contribution < 1.29 is 4.39 Å². The molecule has 1 aliphatic rings. The fourth-order valence-corrected chi connectivity index (χ4v) is 4.71. The van der Waals surface area contributed by atoms with Crippen LogP contribution >= 0.6 is 0 Å². The lowest BCUT2D eigenvalue weighted by atomic mass is 10.1. The molecule has 3 heterocycles. The van der Waals surface area contributed by atoms with Crippen LogP contribution in [0.5, 0.6) is 0 Å². The summed E-state index contributed by atoms with van der Waals surface area (Å²) < 4.78 is 16.7. The van der Waals surface area contributed by atoms with Crippen LogP contribution in [0.15, 0.2) is 84.9 Å². The molecule has 36 heavy (non-hydrogen) atoms. The highest BCUT2D eigenvalue weighted by Crippen LogP contribution is 2.34. The third-order valence-electron chi connectivity index (χ3n) is 6.62. The summed E-state index contributed by atoms with van der Waals surface area (Å²) in [6.07, 6.45) is 0. The first kappa shape index (κ1) is 22.0. The van der Waals surface area contributed by atoms with Crippen molar-refractivity contribution in [3.8, 4) is 11.3 Å². The molecule has 0 unspecified atom stereocenters. The summed E-state index contributed by atoms with van der Waals surface area (Å²) in [7, 11) is 0. The maximum Gasteiger partial charge on any atom is 0.228 e. The zero-order valence-electron chi connectivity index (χ0n) is 19.8. The molecule has 5 aromatic rings. The quantitative estimate of drug-likeness (QED) is 0.397. The Balaban J connectivity index is 1.39. The lowest BCUT2D eigenvalue weighted by Gasteiger charge is -2.36. The van der Waals surface area contributed by atoms with Crippen LogP contribution in [0, 0.1) is 5.82 Å². The number of anilines is 3. The first-order valence-electron chi connectivity index (χ1n) is 12.0. The number of fused-ring (bicyclic) bond motifs is 1. The van der Waals surface area contributed by atoms with Crippen LogP contribution in [0.3, 0.4) is 0 Å². The number of rotatable bonds is 5. The van der Waals surface area contributed by atoms with Gasteiger partial charge >= 0.3 is 0 Å². The number of nitrogens with zero attached hydrogens (tertiary/aromatic N) is 6. The minimum absolute atomic E-state index is 0.354. The van der Waals surface area contributed by atoms with Crippen molar-refractivity contribution in [3.63, 3.8) is 0 Å². The van der Waals surface area contributed by atoms with Gasteiger partial charge in [0.2, 0.25) is 5.95 Å². The zero-order chi connectivity index (χ0) is 24.5. The summed E-state index contributed by atoms with van der Waals surface area (Å²) in [5, 5.41) is 5.29. The van der Waals surface area contributed by atoms with Gasteiger partial charge in [0.05, 0.1) is 17.6 Å². The Labute approximate surface area is 208 Å². The van der Waals surface area contributed by atoms with Gasteiger partial charge in [-0.1, -0.05) is 60.7 Å². The van der Waals surface area contributed by atoms with E-state index in [1.165, 1.54) is 11.8 Å². The molecule has 3 aromatic carbocycles. The Bertz CT molecular complexity index is 1490. The first-order chi connectivity index (χ1) is 17.7. The van der Waals surface area contributed by atoms with Gasteiger partial charge in [-0.2, -0.15) is 4.98 Å². The molecule has 6 rings (SSSR count). The minimum Gasteiger partial charge on any atom is -0.383 e. The number of halogens is 1. The number of hydrogen-bond donors (Lipinski definition) is 1. The van der Waals surface area contributed by atoms with E-state index in [0.717, 1.165) is 31.7 Å². The normalized spacial score (nSPS) is 13.9. The van der Waals surface area contributed by atoms with Crippen LogP contribution in [0.4, 0.5) is 21.8 Å². The molecule has 1 fully saturated rings. The highest BCUT2D eigenvalue weighted by atomic mass is 19.1. The molecule has 2 N–H and O–H groups in total. The molecular weight excluding hydrogens is 453 g/mol. The Morgan fingerprint density at radius 2 is 1.39 bits per heavy atom. The van der Waals surface area contributed by atoms with E-state index in [2.05, 4.69) is 34.1 Å².